The lowest BCUT2D eigenvalue weighted by Gasteiger charge is -2.27. The molecule has 1 N–H and O–H groups in total. The van der Waals surface area contributed by atoms with E-state index in [1.165, 1.54) is 11.9 Å². The standard InChI is InChI=1S/C7H10N2O3/c1-7(2)5(10)4(8-12)6(11)9(7)3/h10H,1-3H3. The second-order valence-corrected chi connectivity index (χ2v) is 3.21. The smallest absolute Gasteiger partial charge is 0.280 e. The Morgan fingerprint density at radius 2 is 2.00 bits per heavy atom. The van der Waals surface area contributed by atoms with Crippen molar-refractivity contribution in [2.45, 2.75) is 19.4 Å². The third-order valence-electron chi connectivity index (χ3n) is 2.24. The summed E-state index contributed by atoms with van der Waals surface area (Å²) in [6.07, 6.45) is 0. The summed E-state index contributed by atoms with van der Waals surface area (Å²) in [4.78, 5) is 22.6. The molecule has 0 unspecified atom stereocenters. The highest BCUT2D eigenvalue weighted by Gasteiger charge is 2.44. The van der Waals surface area contributed by atoms with Gasteiger partial charge in [0.15, 0.2) is 5.76 Å². The zero-order chi connectivity index (χ0) is 9.52. The average Bonchev–Trinajstić information content (AvgIpc) is 2.15. The van der Waals surface area contributed by atoms with Crippen molar-refractivity contribution < 1.29 is 9.90 Å². The van der Waals surface area contributed by atoms with Crippen LogP contribution in [0, 0.1) is 4.91 Å². The molecule has 0 saturated heterocycles. The van der Waals surface area contributed by atoms with Crippen LogP contribution in [0.5, 0.6) is 0 Å². The van der Waals surface area contributed by atoms with E-state index in [1.54, 1.807) is 13.8 Å². The molecule has 0 bridgehead atoms. The van der Waals surface area contributed by atoms with E-state index < -0.39 is 11.4 Å². The van der Waals surface area contributed by atoms with Crippen LogP contribution in [-0.4, -0.2) is 28.5 Å². The summed E-state index contributed by atoms with van der Waals surface area (Å²) in [5.41, 5.74) is -1.21. The molecule has 5 heteroatoms. The molecule has 0 aliphatic carbocycles. The molecule has 12 heavy (non-hydrogen) atoms. The first-order chi connectivity index (χ1) is 5.42. The second kappa shape index (κ2) is 2.30. The molecule has 1 amide bonds. The van der Waals surface area contributed by atoms with Gasteiger partial charge in [0.2, 0.25) is 5.70 Å². The molecular weight excluding hydrogens is 160 g/mol. The van der Waals surface area contributed by atoms with Gasteiger partial charge in [-0.05, 0) is 19.0 Å². The van der Waals surface area contributed by atoms with E-state index in [9.17, 15) is 14.8 Å². The van der Waals surface area contributed by atoms with Gasteiger partial charge >= 0.3 is 0 Å². The summed E-state index contributed by atoms with van der Waals surface area (Å²) in [6.45, 7) is 3.27. The summed E-state index contributed by atoms with van der Waals surface area (Å²) in [5.74, 6) is -0.794. The fraction of sp³-hybridized carbons (Fsp3) is 0.571. The monoisotopic (exact) mass is 170 g/mol. The van der Waals surface area contributed by atoms with Crippen LogP contribution >= 0.6 is 0 Å². The molecule has 0 aromatic carbocycles. The number of likely N-dealkylation sites (N-methyl/N-ethyl adjacent to an activating group) is 1. The van der Waals surface area contributed by atoms with Gasteiger partial charge in [0.25, 0.3) is 5.91 Å². The summed E-state index contributed by atoms with van der Waals surface area (Å²) in [6, 6.07) is 0. The maximum Gasteiger partial charge on any atom is 0.280 e. The zero-order valence-electron chi connectivity index (χ0n) is 7.16. The van der Waals surface area contributed by atoms with Gasteiger partial charge in [-0.1, -0.05) is 0 Å². The molecule has 0 aromatic rings. The minimum absolute atomic E-state index is 0.259. The van der Waals surface area contributed by atoms with E-state index in [0.717, 1.165) is 0 Å². The number of hydrogen-bond donors (Lipinski definition) is 1. The Morgan fingerprint density at radius 3 is 2.17 bits per heavy atom. The van der Waals surface area contributed by atoms with Crippen LogP contribution in [0.1, 0.15) is 13.8 Å². The molecule has 1 rings (SSSR count). The quantitative estimate of drug-likeness (QED) is 0.591. The van der Waals surface area contributed by atoms with Crippen LogP contribution in [0.3, 0.4) is 0 Å². The molecule has 1 aliphatic rings. The van der Waals surface area contributed by atoms with Crippen LogP contribution in [0.4, 0.5) is 0 Å². The van der Waals surface area contributed by atoms with Crippen molar-refractivity contribution in [1.82, 2.24) is 4.90 Å². The predicted octanol–water partition coefficient (Wildman–Crippen LogP) is 0.773. The Balaban J connectivity index is 3.24. The fourth-order valence-electron chi connectivity index (χ4n) is 1.04. The Kier molecular flexibility index (Phi) is 1.67. The van der Waals surface area contributed by atoms with Crippen LogP contribution in [0.25, 0.3) is 0 Å². The zero-order valence-corrected chi connectivity index (χ0v) is 7.16. The lowest BCUT2D eigenvalue weighted by molar-refractivity contribution is -0.127. The van der Waals surface area contributed by atoms with Gasteiger partial charge in [-0.25, -0.2) is 0 Å². The number of rotatable bonds is 1. The number of carbonyl (C=O) groups excluding carboxylic acids is 1. The van der Waals surface area contributed by atoms with Gasteiger partial charge in [0.1, 0.15) is 0 Å². The van der Waals surface area contributed by atoms with E-state index in [-0.39, 0.29) is 11.5 Å². The molecular formula is C7H10N2O3. The van der Waals surface area contributed by atoms with E-state index in [4.69, 9.17) is 0 Å². The SMILES string of the molecule is CN1C(=O)C(N=O)=C(O)C1(C)C. The second-order valence-electron chi connectivity index (χ2n) is 3.21. The van der Waals surface area contributed by atoms with Crippen molar-refractivity contribution in [3.05, 3.63) is 16.4 Å². The number of nitroso groups, excluding NO2 is 1. The lowest BCUT2D eigenvalue weighted by atomic mass is 10.0. The normalized spacial score (nSPS) is 21.9. The molecule has 5 nitrogen and oxygen atoms in total. The van der Waals surface area contributed by atoms with Gasteiger partial charge in [-0.3, -0.25) is 4.79 Å². The Labute approximate surface area is 69.6 Å². The minimum atomic E-state index is -0.819. The third kappa shape index (κ3) is 0.823. The van der Waals surface area contributed by atoms with Gasteiger partial charge in [0, 0.05) is 7.05 Å². The largest absolute Gasteiger partial charge is 0.507 e. The van der Waals surface area contributed by atoms with Crippen molar-refractivity contribution >= 4 is 5.91 Å². The molecule has 0 radical (unpaired) electrons. The van der Waals surface area contributed by atoms with Crippen LogP contribution < -0.4 is 0 Å². The van der Waals surface area contributed by atoms with Crippen LogP contribution in [0.15, 0.2) is 16.6 Å². The molecule has 0 saturated carbocycles. The van der Waals surface area contributed by atoms with Crippen molar-refractivity contribution in [2.24, 2.45) is 5.18 Å². The number of nitrogens with zero attached hydrogens (tertiary/aromatic N) is 2. The maximum absolute atomic E-state index is 11.2. The Hall–Kier alpha value is -1.39. The summed E-state index contributed by atoms with van der Waals surface area (Å²) >= 11 is 0. The van der Waals surface area contributed by atoms with Crippen LogP contribution in [-0.2, 0) is 4.79 Å². The summed E-state index contributed by atoms with van der Waals surface area (Å²) in [5, 5.41) is 11.9. The van der Waals surface area contributed by atoms with Gasteiger partial charge in [-0.2, -0.15) is 0 Å². The van der Waals surface area contributed by atoms with E-state index >= 15 is 0 Å². The number of amides is 1. The Bertz CT molecular complexity index is 280. The molecule has 66 valence electrons. The molecule has 0 aromatic heterocycles. The van der Waals surface area contributed by atoms with E-state index in [1.807, 2.05) is 0 Å². The highest BCUT2D eigenvalue weighted by atomic mass is 16.3. The average molecular weight is 170 g/mol. The predicted molar refractivity (Wildman–Crippen MR) is 42.3 cm³/mol. The maximum atomic E-state index is 11.2. The first kappa shape index (κ1) is 8.70. The van der Waals surface area contributed by atoms with Gasteiger partial charge in [0.05, 0.1) is 5.54 Å². The van der Waals surface area contributed by atoms with Crippen molar-refractivity contribution in [3.63, 3.8) is 0 Å². The van der Waals surface area contributed by atoms with Crippen molar-refractivity contribution in [2.75, 3.05) is 7.05 Å². The summed E-state index contributed by atoms with van der Waals surface area (Å²) in [7, 11) is 1.51. The van der Waals surface area contributed by atoms with E-state index in [2.05, 4.69) is 5.18 Å². The highest BCUT2D eigenvalue weighted by Crippen LogP contribution is 2.32. The fourth-order valence-corrected chi connectivity index (χ4v) is 1.04. The Morgan fingerprint density at radius 1 is 1.50 bits per heavy atom. The lowest BCUT2D eigenvalue weighted by Crippen LogP contribution is -2.40. The number of aliphatic hydroxyl groups excluding tert-OH is 1. The highest BCUT2D eigenvalue weighted by molar-refractivity contribution is 5.97. The first-order valence-corrected chi connectivity index (χ1v) is 3.48. The summed E-state index contributed by atoms with van der Waals surface area (Å²) < 4.78 is 0. The molecule has 1 heterocycles. The third-order valence-corrected chi connectivity index (χ3v) is 2.24. The number of carbonyl (C=O) groups is 1. The molecule has 0 spiro atoms. The number of hydrogen-bond acceptors (Lipinski definition) is 4. The van der Waals surface area contributed by atoms with Crippen LogP contribution in [0.2, 0.25) is 0 Å². The van der Waals surface area contributed by atoms with Crippen molar-refractivity contribution in [3.8, 4) is 0 Å². The molecule has 0 atom stereocenters. The van der Waals surface area contributed by atoms with Gasteiger partial charge < -0.3 is 10.0 Å². The molecule has 0 fully saturated rings. The topological polar surface area (TPSA) is 70.0 Å². The first-order valence-electron chi connectivity index (χ1n) is 3.48. The molecule has 1 aliphatic heterocycles. The van der Waals surface area contributed by atoms with E-state index in [0.29, 0.717) is 0 Å². The van der Waals surface area contributed by atoms with Crippen molar-refractivity contribution in [1.29, 1.82) is 0 Å². The minimum Gasteiger partial charge on any atom is -0.507 e. The van der Waals surface area contributed by atoms with Gasteiger partial charge in [-0.15, -0.1) is 4.91 Å². The number of aliphatic hydroxyl groups is 1.